The number of ketones is 1. The molecule has 0 unspecified atom stereocenters. The molecule has 0 aromatic heterocycles. The quantitative estimate of drug-likeness (QED) is 0.741. The molecule has 0 N–H and O–H groups in total. The Kier molecular flexibility index (Phi) is 6.93. The third kappa shape index (κ3) is 4.25. The summed E-state index contributed by atoms with van der Waals surface area (Å²) < 4.78 is 5.42. The van der Waals surface area contributed by atoms with Gasteiger partial charge in [0, 0.05) is 25.6 Å². The van der Waals surface area contributed by atoms with Crippen molar-refractivity contribution in [2.75, 3.05) is 19.1 Å². The van der Waals surface area contributed by atoms with Crippen LogP contribution in [-0.2, 0) is 6.54 Å². The molecule has 3 nitrogen and oxygen atoms in total. The Hall–Kier alpha value is -2.00. The van der Waals surface area contributed by atoms with Crippen molar-refractivity contribution in [2.24, 2.45) is 0 Å². The number of halogens is 1. The van der Waals surface area contributed by atoms with Crippen LogP contribution < -0.4 is 9.64 Å². The van der Waals surface area contributed by atoms with E-state index in [9.17, 15) is 4.79 Å². The Labute approximate surface area is 138 Å². The molecule has 0 aliphatic heterocycles. The number of benzene rings is 2. The number of Topliss-reactive ketones (excluding diaryl/α,β-unsaturated/α-hetero) is 1. The van der Waals surface area contributed by atoms with Crippen LogP contribution in [0.1, 0.15) is 29.3 Å². The second-order valence-electron chi connectivity index (χ2n) is 5.01. The van der Waals surface area contributed by atoms with Crippen LogP contribution in [0.25, 0.3) is 0 Å². The molecule has 118 valence electrons. The van der Waals surface area contributed by atoms with E-state index in [1.165, 1.54) is 5.56 Å². The molecule has 0 atom stereocenters. The van der Waals surface area contributed by atoms with Gasteiger partial charge < -0.3 is 9.64 Å². The van der Waals surface area contributed by atoms with Crippen molar-refractivity contribution < 1.29 is 9.53 Å². The third-order valence-electron chi connectivity index (χ3n) is 3.50. The molecule has 0 aliphatic carbocycles. The second kappa shape index (κ2) is 8.44. The van der Waals surface area contributed by atoms with Crippen molar-refractivity contribution in [3.8, 4) is 5.75 Å². The van der Waals surface area contributed by atoms with Crippen LogP contribution in [0.2, 0.25) is 0 Å². The van der Waals surface area contributed by atoms with Crippen LogP contribution in [0.3, 0.4) is 0 Å². The predicted octanol–water partition coefficient (Wildman–Crippen LogP) is 4.35. The van der Waals surface area contributed by atoms with E-state index in [0.717, 1.165) is 23.5 Å². The van der Waals surface area contributed by atoms with Crippen molar-refractivity contribution in [3.05, 3.63) is 59.7 Å². The van der Waals surface area contributed by atoms with Gasteiger partial charge in [-0.25, -0.2) is 0 Å². The van der Waals surface area contributed by atoms with Gasteiger partial charge in [-0.3, -0.25) is 4.79 Å². The highest BCUT2D eigenvalue weighted by atomic mass is 35.5. The average molecular weight is 320 g/mol. The summed E-state index contributed by atoms with van der Waals surface area (Å²) in [6, 6.07) is 15.8. The topological polar surface area (TPSA) is 29.5 Å². The third-order valence-corrected chi connectivity index (χ3v) is 3.50. The summed E-state index contributed by atoms with van der Waals surface area (Å²) in [4.78, 5) is 14.0. The highest BCUT2D eigenvalue weighted by molar-refractivity contribution is 5.97. The molecule has 2 aromatic rings. The Bertz CT molecular complexity index is 614. The van der Waals surface area contributed by atoms with Gasteiger partial charge in [0.1, 0.15) is 5.75 Å². The first-order valence-electron chi connectivity index (χ1n) is 7.12. The minimum atomic E-state index is 0. The average Bonchev–Trinajstić information content (AvgIpc) is 2.54. The van der Waals surface area contributed by atoms with Crippen molar-refractivity contribution in [3.63, 3.8) is 0 Å². The smallest absolute Gasteiger partial charge is 0.162 e. The lowest BCUT2D eigenvalue weighted by atomic mass is 10.1. The van der Waals surface area contributed by atoms with Gasteiger partial charge in [0.05, 0.1) is 12.8 Å². The summed E-state index contributed by atoms with van der Waals surface area (Å²) in [7, 11) is 3.65. The van der Waals surface area contributed by atoms with Gasteiger partial charge in [0.25, 0.3) is 0 Å². The van der Waals surface area contributed by atoms with Crippen LogP contribution in [-0.4, -0.2) is 19.9 Å². The molecule has 0 aliphatic rings. The minimum absolute atomic E-state index is 0. The Balaban J connectivity index is 0.00000242. The van der Waals surface area contributed by atoms with E-state index in [0.29, 0.717) is 6.42 Å². The lowest BCUT2D eigenvalue weighted by Crippen LogP contribution is -2.17. The van der Waals surface area contributed by atoms with E-state index in [4.69, 9.17) is 4.74 Å². The van der Waals surface area contributed by atoms with Crippen molar-refractivity contribution in [1.29, 1.82) is 0 Å². The number of hydrogen-bond donors (Lipinski definition) is 0. The van der Waals surface area contributed by atoms with E-state index in [2.05, 4.69) is 17.0 Å². The van der Waals surface area contributed by atoms with E-state index in [1.807, 2.05) is 50.4 Å². The number of ether oxygens (including phenoxy) is 1. The normalized spacial score (nSPS) is 9.77. The molecule has 0 saturated carbocycles. The number of hydrogen-bond acceptors (Lipinski definition) is 3. The van der Waals surface area contributed by atoms with E-state index < -0.39 is 0 Å². The molecule has 0 amide bonds. The SMILES string of the molecule is CCC(=O)c1ccc(OC)c(N(C)Cc2ccccc2)c1.Cl. The zero-order chi connectivity index (χ0) is 15.2. The van der Waals surface area contributed by atoms with Gasteiger partial charge in [0.2, 0.25) is 0 Å². The summed E-state index contributed by atoms with van der Waals surface area (Å²) in [5, 5.41) is 0. The standard InChI is InChI=1S/C18H21NO2.ClH/c1-4-17(20)15-10-11-18(21-3)16(12-15)19(2)13-14-8-6-5-7-9-14;/h5-12H,4,13H2,1-3H3;1H. The molecule has 0 saturated heterocycles. The maximum Gasteiger partial charge on any atom is 0.162 e. The molecule has 2 aromatic carbocycles. The fourth-order valence-electron chi connectivity index (χ4n) is 2.31. The Morgan fingerprint density at radius 3 is 2.41 bits per heavy atom. The van der Waals surface area contributed by atoms with Crippen LogP contribution in [0, 0.1) is 0 Å². The fourth-order valence-corrected chi connectivity index (χ4v) is 2.31. The number of rotatable bonds is 6. The van der Waals surface area contributed by atoms with Gasteiger partial charge >= 0.3 is 0 Å². The lowest BCUT2D eigenvalue weighted by molar-refractivity contribution is 0.0988. The van der Waals surface area contributed by atoms with Crippen molar-refractivity contribution in [2.45, 2.75) is 19.9 Å². The molecule has 2 rings (SSSR count). The summed E-state index contributed by atoms with van der Waals surface area (Å²) in [6.07, 6.45) is 0.508. The maximum atomic E-state index is 11.9. The first-order chi connectivity index (χ1) is 10.2. The molecule has 22 heavy (non-hydrogen) atoms. The van der Waals surface area contributed by atoms with E-state index in [1.54, 1.807) is 7.11 Å². The largest absolute Gasteiger partial charge is 0.495 e. The van der Waals surface area contributed by atoms with Crippen LogP contribution >= 0.6 is 12.4 Å². The van der Waals surface area contributed by atoms with Gasteiger partial charge in [0.15, 0.2) is 5.78 Å². The maximum absolute atomic E-state index is 11.9. The zero-order valence-electron chi connectivity index (χ0n) is 13.2. The number of anilines is 1. The van der Waals surface area contributed by atoms with Crippen molar-refractivity contribution >= 4 is 23.9 Å². The first kappa shape index (κ1) is 18.1. The fraction of sp³-hybridized carbons (Fsp3) is 0.278. The van der Waals surface area contributed by atoms with Gasteiger partial charge in [-0.15, -0.1) is 12.4 Å². The van der Waals surface area contributed by atoms with E-state index >= 15 is 0 Å². The molecule has 4 heteroatoms. The highest BCUT2D eigenvalue weighted by Crippen LogP contribution is 2.30. The summed E-state index contributed by atoms with van der Waals surface area (Å²) in [5.74, 6) is 0.924. The summed E-state index contributed by atoms with van der Waals surface area (Å²) in [6.45, 7) is 2.64. The summed E-state index contributed by atoms with van der Waals surface area (Å²) >= 11 is 0. The molecular weight excluding hydrogens is 298 g/mol. The Morgan fingerprint density at radius 2 is 1.82 bits per heavy atom. The Morgan fingerprint density at radius 1 is 1.14 bits per heavy atom. The zero-order valence-corrected chi connectivity index (χ0v) is 14.0. The molecule has 0 fully saturated rings. The van der Waals surface area contributed by atoms with Crippen LogP contribution in [0.4, 0.5) is 5.69 Å². The summed E-state index contributed by atoms with van der Waals surface area (Å²) in [5.41, 5.74) is 2.88. The molecule has 0 heterocycles. The van der Waals surface area contributed by atoms with Crippen LogP contribution in [0.15, 0.2) is 48.5 Å². The highest BCUT2D eigenvalue weighted by Gasteiger charge is 2.12. The van der Waals surface area contributed by atoms with E-state index in [-0.39, 0.29) is 18.2 Å². The minimum Gasteiger partial charge on any atom is -0.495 e. The molecule has 0 bridgehead atoms. The predicted molar refractivity (Wildman–Crippen MR) is 93.4 cm³/mol. The number of nitrogens with zero attached hydrogens (tertiary/aromatic N) is 1. The lowest BCUT2D eigenvalue weighted by Gasteiger charge is -2.22. The monoisotopic (exact) mass is 319 g/mol. The van der Waals surface area contributed by atoms with Gasteiger partial charge in [-0.05, 0) is 23.8 Å². The number of methoxy groups -OCH3 is 1. The molecule has 0 radical (unpaired) electrons. The number of carbonyl (C=O) groups excluding carboxylic acids is 1. The first-order valence-corrected chi connectivity index (χ1v) is 7.12. The second-order valence-corrected chi connectivity index (χ2v) is 5.01. The molecular formula is C18H22ClNO2. The van der Waals surface area contributed by atoms with Gasteiger partial charge in [-0.2, -0.15) is 0 Å². The number of carbonyl (C=O) groups is 1. The van der Waals surface area contributed by atoms with Gasteiger partial charge in [-0.1, -0.05) is 37.3 Å². The van der Waals surface area contributed by atoms with Crippen LogP contribution in [0.5, 0.6) is 5.75 Å². The molecule has 0 spiro atoms. The van der Waals surface area contributed by atoms with Crippen molar-refractivity contribution in [1.82, 2.24) is 0 Å².